The predicted octanol–water partition coefficient (Wildman–Crippen LogP) is 1.46. The molecular weight excluding hydrogens is 216 g/mol. The molecule has 0 amide bonds. The summed E-state index contributed by atoms with van der Waals surface area (Å²) in [6.45, 7) is 0. The first-order valence-electron chi connectivity index (χ1n) is 5.20. The molecule has 0 radical (unpaired) electrons. The fraction of sp³-hybridized carbons (Fsp3) is 0.0833. The number of carbonyl (C=O) groups excluding carboxylic acids is 1. The molecule has 0 aliphatic rings. The second-order valence-corrected chi connectivity index (χ2v) is 3.82. The fourth-order valence-electron chi connectivity index (χ4n) is 1.81. The van der Waals surface area contributed by atoms with Gasteiger partial charge in [-0.2, -0.15) is 5.10 Å². The highest BCUT2D eigenvalue weighted by Crippen LogP contribution is 2.15. The molecule has 0 bridgehead atoms. The number of rotatable bonds is 1. The van der Waals surface area contributed by atoms with Crippen molar-refractivity contribution in [2.75, 3.05) is 0 Å². The number of fused-ring (bicyclic) bond motifs is 1. The topological polar surface area (TPSA) is 52.7 Å². The fourth-order valence-corrected chi connectivity index (χ4v) is 1.81. The molecule has 0 N–H and O–H groups in total. The summed E-state index contributed by atoms with van der Waals surface area (Å²) in [4.78, 5) is 15.9. The van der Waals surface area contributed by atoms with E-state index in [2.05, 4.69) is 10.1 Å². The summed E-state index contributed by atoms with van der Waals surface area (Å²) in [7, 11) is 1.85. The van der Waals surface area contributed by atoms with Gasteiger partial charge >= 0.3 is 0 Å². The maximum absolute atomic E-state index is 12.1. The van der Waals surface area contributed by atoms with Gasteiger partial charge in [-0.3, -0.25) is 14.0 Å². The van der Waals surface area contributed by atoms with E-state index < -0.39 is 0 Å². The molecule has 0 aliphatic heterocycles. The van der Waals surface area contributed by atoms with Gasteiger partial charge < -0.3 is 0 Å². The van der Waals surface area contributed by atoms with Crippen LogP contribution in [0.15, 0.2) is 43.1 Å². The van der Waals surface area contributed by atoms with Crippen LogP contribution >= 0.6 is 0 Å². The van der Waals surface area contributed by atoms with Gasteiger partial charge in [-0.25, -0.2) is 4.98 Å². The van der Waals surface area contributed by atoms with E-state index in [9.17, 15) is 4.79 Å². The molecule has 0 fully saturated rings. The molecule has 2 aromatic heterocycles. The number of benzene rings is 1. The number of carbonyl (C=O) groups is 1. The third-order valence-electron chi connectivity index (χ3n) is 2.73. The zero-order valence-electron chi connectivity index (χ0n) is 9.24. The molecule has 1 aromatic carbocycles. The van der Waals surface area contributed by atoms with E-state index in [4.69, 9.17) is 0 Å². The largest absolute Gasteiger partial charge is 0.272 e. The summed E-state index contributed by atoms with van der Waals surface area (Å²) in [5, 5.41) is 5.17. The third-order valence-corrected chi connectivity index (χ3v) is 2.73. The number of aromatic nitrogens is 4. The van der Waals surface area contributed by atoms with Gasteiger partial charge in [-0.1, -0.05) is 6.07 Å². The number of imidazole rings is 1. The molecule has 3 aromatic rings. The molecule has 17 heavy (non-hydrogen) atoms. The monoisotopic (exact) mass is 226 g/mol. The van der Waals surface area contributed by atoms with E-state index in [1.54, 1.807) is 29.3 Å². The minimum atomic E-state index is -0.0920. The summed E-state index contributed by atoms with van der Waals surface area (Å²) >= 11 is 0. The average Bonchev–Trinajstić information content (AvgIpc) is 2.98. The molecule has 2 heterocycles. The lowest BCUT2D eigenvalue weighted by atomic mass is 10.1. The van der Waals surface area contributed by atoms with Crippen molar-refractivity contribution in [2.45, 2.75) is 0 Å². The molecule has 0 aliphatic carbocycles. The van der Waals surface area contributed by atoms with Crippen molar-refractivity contribution in [3.05, 3.63) is 48.7 Å². The molecule has 5 nitrogen and oxygen atoms in total. The van der Waals surface area contributed by atoms with Crippen LogP contribution in [0.2, 0.25) is 0 Å². The molecule has 0 unspecified atom stereocenters. The van der Waals surface area contributed by atoms with Gasteiger partial charge in [-0.15, -0.1) is 0 Å². The standard InChI is InChI=1S/C12H10N4O/c1-15-11-6-9(2-3-10(11)7-14-15)12(17)16-5-4-13-8-16/h2-8H,1H3. The lowest BCUT2D eigenvalue weighted by Gasteiger charge is -2.02. The van der Waals surface area contributed by atoms with Crippen molar-refractivity contribution in [3.8, 4) is 0 Å². The van der Waals surface area contributed by atoms with Crippen LogP contribution in [-0.4, -0.2) is 25.2 Å². The van der Waals surface area contributed by atoms with Crippen LogP contribution in [0.3, 0.4) is 0 Å². The number of aryl methyl sites for hydroxylation is 1. The van der Waals surface area contributed by atoms with Crippen molar-refractivity contribution >= 4 is 16.8 Å². The maximum Gasteiger partial charge on any atom is 0.263 e. The Balaban J connectivity index is 2.12. The highest BCUT2D eigenvalue weighted by Gasteiger charge is 2.09. The Morgan fingerprint density at radius 3 is 3.00 bits per heavy atom. The van der Waals surface area contributed by atoms with E-state index in [-0.39, 0.29) is 5.91 Å². The van der Waals surface area contributed by atoms with Crippen LogP contribution in [-0.2, 0) is 7.05 Å². The zero-order chi connectivity index (χ0) is 11.8. The Hall–Kier alpha value is -2.43. The smallest absolute Gasteiger partial charge is 0.263 e. The Morgan fingerprint density at radius 1 is 1.35 bits per heavy atom. The van der Waals surface area contributed by atoms with Crippen LogP contribution in [0.5, 0.6) is 0 Å². The van der Waals surface area contributed by atoms with Gasteiger partial charge in [0.15, 0.2) is 0 Å². The lowest BCUT2D eigenvalue weighted by Crippen LogP contribution is -2.09. The minimum absolute atomic E-state index is 0.0920. The van der Waals surface area contributed by atoms with Gasteiger partial charge in [0.05, 0.1) is 11.7 Å². The number of hydrogen-bond acceptors (Lipinski definition) is 3. The molecule has 5 heteroatoms. The predicted molar refractivity (Wildman–Crippen MR) is 62.7 cm³/mol. The van der Waals surface area contributed by atoms with E-state index in [0.29, 0.717) is 5.56 Å². The summed E-state index contributed by atoms with van der Waals surface area (Å²) in [6, 6.07) is 5.53. The van der Waals surface area contributed by atoms with Gasteiger partial charge in [-0.05, 0) is 12.1 Å². The Bertz CT molecular complexity index is 682. The first-order chi connectivity index (χ1) is 8.25. The van der Waals surface area contributed by atoms with Gasteiger partial charge in [0.2, 0.25) is 0 Å². The van der Waals surface area contributed by atoms with Gasteiger partial charge in [0, 0.05) is 30.4 Å². The number of nitrogens with zero attached hydrogens (tertiary/aromatic N) is 4. The van der Waals surface area contributed by atoms with E-state index in [1.807, 2.05) is 19.2 Å². The van der Waals surface area contributed by atoms with Crippen LogP contribution in [0.25, 0.3) is 10.9 Å². The second kappa shape index (κ2) is 3.55. The van der Waals surface area contributed by atoms with Crippen molar-refractivity contribution in [3.63, 3.8) is 0 Å². The highest BCUT2D eigenvalue weighted by molar-refractivity contribution is 5.99. The van der Waals surface area contributed by atoms with Crippen LogP contribution < -0.4 is 0 Å². The quantitative estimate of drug-likeness (QED) is 0.631. The summed E-state index contributed by atoms with van der Waals surface area (Å²) in [5.41, 5.74) is 1.56. The maximum atomic E-state index is 12.1. The Morgan fingerprint density at radius 2 is 2.24 bits per heavy atom. The first-order valence-corrected chi connectivity index (χ1v) is 5.20. The van der Waals surface area contributed by atoms with Crippen LogP contribution in [0.1, 0.15) is 10.4 Å². The molecule has 3 rings (SSSR count). The van der Waals surface area contributed by atoms with Crippen LogP contribution in [0.4, 0.5) is 0 Å². The molecule has 0 spiro atoms. The third kappa shape index (κ3) is 1.52. The molecular formula is C12H10N4O. The highest BCUT2D eigenvalue weighted by atomic mass is 16.2. The van der Waals surface area contributed by atoms with E-state index in [0.717, 1.165) is 10.9 Å². The molecule has 0 atom stereocenters. The lowest BCUT2D eigenvalue weighted by molar-refractivity contribution is 0.0960. The zero-order valence-corrected chi connectivity index (χ0v) is 9.24. The van der Waals surface area contributed by atoms with E-state index >= 15 is 0 Å². The second-order valence-electron chi connectivity index (χ2n) is 3.82. The number of hydrogen-bond donors (Lipinski definition) is 0. The average molecular weight is 226 g/mol. The molecule has 0 saturated heterocycles. The van der Waals surface area contributed by atoms with Crippen LogP contribution in [0, 0.1) is 0 Å². The van der Waals surface area contributed by atoms with Crippen molar-refractivity contribution in [1.29, 1.82) is 0 Å². The van der Waals surface area contributed by atoms with Gasteiger partial charge in [0.25, 0.3) is 5.91 Å². The first kappa shape index (κ1) is 9.77. The van der Waals surface area contributed by atoms with Crippen molar-refractivity contribution < 1.29 is 4.79 Å². The van der Waals surface area contributed by atoms with Crippen molar-refractivity contribution in [1.82, 2.24) is 19.3 Å². The van der Waals surface area contributed by atoms with Gasteiger partial charge in [0.1, 0.15) is 6.33 Å². The summed E-state index contributed by atoms with van der Waals surface area (Å²) in [5.74, 6) is -0.0920. The summed E-state index contributed by atoms with van der Waals surface area (Å²) in [6.07, 6.45) is 6.49. The van der Waals surface area contributed by atoms with Crippen molar-refractivity contribution in [2.24, 2.45) is 7.05 Å². The SMILES string of the molecule is Cn1ncc2ccc(C(=O)n3ccnc3)cc21. The minimum Gasteiger partial charge on any atom is -0.272 e. The molecule has 84 valence electrons. The Labute approximate surface area is 97.3 Å². The summed E-state index contributed by atoms with van der Waals surface area (Å²) < 4.78 is 3.21. The Kier molecular flexibility index (Phi) is 2.04. The van der Waals surface area contributed by atoms with E-state index in [1.165, 1.54) is 10.9 Å². The normalized spacial score (nSPS) is 10.9. The molecule has 0 saturated carbocycles.